The Morgan fingerprint density at radius 3 is 2.14 bits per heavy atom. The molecular weight excluding hydrogens is 245 g/mol. The number of halogens is 2. The summed E-state index contributed by atoms with van der Waals surface area (Å²) in [5.41, 5.74) is 0. The Morgan fingerprint density at radius 2 is 1.71 bits per heavy atom. The van der Waals surface area contributed by atoms with Gasteiger partial charge in [-0.25, -0.2) is 13.1 Å². The molecule has 0 saturated carbocycles. The molecule has 0 fully saturated rings. The van der Waals surface area contributed by atoms with Crippen LogP contribution in [-0.4, -0.2) is 15.0 Å². The van der Waals surface area contributed by atoms with Gasteiger partial charge in [0.15, 0.2) is 0 Å². The van der Waals surface area contributed by atoms with Gasteiger partial charge in [0.25, 0.3) is 0 Å². The molecule has 0 amide bonds. The molecule has 1 aromatic carbocycles. The molecule has 6 heteroatoms. The molecule has 3 nitrogen and oxygen atoms in total. The summed E-state index contributed by atoms with van der Waals surface area (Å²) in [5, 5.41) is 0.600. The summed E-state index contributed by atoms with van der Waals surface area (Å²) >= 11 is 11.4. The van der Waals surface area contributed by atoms with Crippen LogP contribution in [-0.2, 0) is 10.0 Å². The number of hydrogen-bond donors (Lipinski definition) is 1. The van der Waals surface area contributed by atoms with Gasteiger partial charge in [0.2, 0.25) is 10.0 Å². The Balaban J connectivity index is 3.19. The number of rotatable bonds is 3. The molecule has 0 radical (unpaired) electrons. The van der Waals surface area contributed by atoms with Gasteiger partial charge in [0.05, 0.1) is 4.90 Å². The van der Waals surface area contributed by atoms with Gasteiger partial charge in [-0.15, -0.1) is 0 Å². The van der Waals surface area contributed by atoms with E-state index >= 15 is 0 Å². The first-order chi connectivity index (χ1) is 6.45. The summed E-state index contributed by atoms with van der Waals surface area (Å²) < 4.78 is 25.4. The van der Waals surface area contributed by atoms with E-state index in [2.05, 4.69) is 4.72 Å². The van der Waals surface area contributed by atoms with Gasteiger partial charge in [-0.3, -0.25) is 0 Å². The molecule has 0 unspecified atom stereocenters. The minimum Gasteiger partial charge on any atom is -0.211 e. The molecule has 0 aliphatic carbocycles. The standard InChI is InChI=1S/C8H9Cl2NO2S/c1-2-11-14(12,13)8-4-6(9)3-7(10)5-8/h3-5,11H,2H2,1H3. The van der Waals surface area contributed by atoms with Gasteiger partial charge >= 0.3 is 0 Å². The fourth-order valence-electron chi connectivity index (χ4n) is 0.957. The molecule has 0 aliphatic heterocycles. The second kappa shape index (κ2) is 4.49. The maximum absolute atomic E-state index is 11.5. The molecule has 0 aliphatic rings. The van der Waals surface area contributed by atoms with Gasteiger partial charge in [0, 0.05) is 16.6 Å². The Morgan fingerprint density at radius 1 is 1.21 bits per heavy atom. The van der Waals surface area contributed by atoms with Crippen molar-refractivity contribution in [1.29, 1.82) is 0 Å². The van der Waals surface area contributed by atoms with E-state index in [1.54, 1.807) is 6.92 Å². The topological polar surface area (TPSA) is 46.2 Å². The highest BCUT2D eigenvalue weighted by molar-refractivity contribution is 7.89. The number of sulfonamides is 1. The highest BCUT2D eigenvalue weighted by atomic mass is 35.5. The fourth-order valence-corrected chi connectivity index (χ4v) is 2.72. The van der Waals surface area contributed by atoms with Crippen LogP contribution in [0.2, 0.25) is 10.0 Å². The van der Waals surface area contributed by atoms with Gasteiger partial charge in [0.1, 0.15) is 0 Å². The van der Waals surface area contributed by atoms with E-state index in [1.165, 1.54) is 18.2 Å². The third-order valence-electron chi connectivity index (χ3n) is 1.48. The molecular formula is C8H9Cl2NO2S. The minimum atomic E-state index is -3.47. The van der Waals surface area contributed by atoms with Crippen molar-refractivity contribution in [2.75, 3.05) is 6.54 Å². The smallest absolute Gasteiger partial charge is 0.211 e. The van der Waals surface area contributed by atoms with E-state index in [0.717, 1.165) is 0 Å². The third-order valence-corrected chi connectivity index (χ3v) is 3.44. The first kappa shape index (κ1) is 11.8. The lowest BCUT2D eigenvalue weighted by atomic mass is 10.4. The van der Waals surface area contributed by atoms with Crippen molar-refractivity contribution in [3.63, 3.8) is 0 Å². The first-order valence-electron chi connectivity index (χ1n) is 3.91. The van der Waals surface area contributed by atoms with Crippen molar-refractivity contribution in [3.05, 3.63) is 28.2 Å². The van der Waals surface area contributed by atoms with Crippen LogP contribution < -0.4 is 4.72 Å². The summed E-state index contributed by atoms with van der Waals surface area (Å²) in [7, 11) is -3.47. The number of nitrogens with one attached hydrogen (secondary N) is 1. The summed E-state index contributed by atoms with van der Waals surface area (Å²) in [4.78, 5) is 0.0804. The van der Waals surface area contributed by atoms with Gasteiger partial charge in [-0.2, -0.15) is 0 Å². The Hall–Kier alpha value is -0.290. The van der Waals surface area contributed by atoms with E-state index < -0.39 is 10.0 Å². The van der Waals surface area contributed by atoms with Crippen LogP contribution in [0.1, 0.15) is 6.92 Å². The van der Waals surface area contributed by atoms with Gasteiger partial charge < -0.3 is 0 Å². The van der Waals surface area contributed by atoms with Crippen molar-refractivity contribution in [2.24, 2.45) is 0 Å². The molecule has 1 rings (SSSR count). The average Bonchev–Trinajstić information content (AvgIpc) is 2.02. The fraction of sp³-hybridized carbons (Fsp3) is 0.250. The largest absolute Gasteiger partial charge is 0.240 e. The van der Waals surface area contributed by atoms with Crippen LogP contribution in [0.5, 0.6) is 0 Å². The molecule has 0 heterocycles. The van der Waals surface area contributed by atoms with E-state index in [-0.39, 0.29) is 4.90 Å². The zero-order chi connectivity index (χ0) is 10.8. The molecule has 14 heavy (non-hydrogen) atoms. The molecule has 0 saturated heterocycles. The van der Waals surface area contributed by atoms with Crippen LogP contribution >= 0.6 is 23.2 Å². The maximum Gasteiger partial charge on any atom is 0.240 e. The summed E-state index contributed by atoms with van der Waals surface area (Å²) in [6.07, 6.45) is 0. The number of benzene rings is 1. The second-order valence-corrected chi connectivity index (χ2v) is 5.25. The van der Waals surface area contributed by atoms with Crippen molar-refractivity contribution < 1.29 is 8.42 Å². The van der Waals surface area contributed by atoms with Crippen molar-refractivity contribution >= 4 is 33.2 Å². The van der Waals surface area contributed by atoms with E-state index in [4.69, 9.17) is 23.2 Å². The van der Waals surface area contributed by atoms with Crippen LogP contribution in [0.3, 0.4) is 0 Å². The molecule has 0 spiro atoms. The maximum atomic E-state index is 11.5. The molecule has 0 aromatic heterocycles. The van der Waals surface area contributed by atoms with Crippen molar-refractivity contribution in [3.8, 4) is 0 Å². The summed E-state index contributed by atoms with van der Waals surface area (Å²) in [5.74, 6) is 0. The average molecular weight is 254 g/mol. The predicted molar refractivity (Wildman–Crippen MR) is 57.3 cm³/mol. The zero-order valence-electron chi connectivity index (χ0n) is 7.42. The number of hydrogen-bond acceptors (Lipinski definition) is 2. The molecule has 1 N–H and O–H groups in total. The van der Waals surface area contributed by atoms with Crippen LogP contribution in [0.25, 0.3) is 0 Å². The van der Waals surface area contributed by atoms with E-state index in [9.17, 15) is 8.42 Å². The van der Waals surface area contributed by atoms with Crippen molar-refractivity contribution in [1.82, 2.24) is 4.72 Å². The second-order valence-electron chi connectivity index (χ2n) is 2.61. The molecule has 78 valence electrons. The van der Waals surface area contributed by atoms with E-state index in [1.807, 2.05) is 0 Å². The van der Waals surface area contributed by atoms with Crippen LogP contribution in [0.15, 0.2) is 23.1 Å². The van der Waals surface area contributed by atoms with Crippen LogP contribution in [0, 0.1) is 0 Å². The SMILES string of the molecule is CCNS(=O)(=O)c1cc(Cl)cc(Cl)c1. The van der Waals surface area contributed by atoms with E-state index in [0.29, 0.717) is 16.6 Å². The summed E-state index contributed by atoms with van der Waals surface area (Å²) in [6.45, 7) is 2.02. The highest BCUT2D eigenvalue weighted by Gasteiger charge is 2.13. The normalized spacial score (nSPS) is 11.6. The zero-order valence-corrected chi connectivity index (χ0v) is 9.75. The van der Waals surface area contributed by atoms with Crippen molar-refractivity contribution in [2.45, 2.75) is 11.8 Å². The molecule has 1 aromatic rings. The predicted octanol–water partition coefficient (Wildman–Crippen LogP) is 2.29. The Kier molecular flexibility index (Phi) is 3.78. The first-order valence-corrected chi connectivity index (χ1v) is 6.15. The molecule has 0 bridgehead atoms. The van der Waals surface area contributed by atoms with Crippen LogP contribution in [0.4, 0.5) is 0 Å². The lowest BCUT2D eigenvalue weighted by Crippen LogP contribution is -2.23. The third kappa shape index (κ3) is 2.85. The van der Waals surface area contributed by atoms with Gasteiger partial charge in [-0.05, 0) is 18.2 Å². The monoisotopic (exact) mass is 253 g/mol. The quantitative estimate of drug-likeness (QED) is 0.899. The Bertz CT molecular complexity index is 411. The lowest BCUT2D eigenvalue weighted by molar-refractivity contribution is 0.584. The summed E-state index contributed by atoms with van der Waals surface area (Å²) in [6, 6.07) is 4.19. The minimum absolute atomic E-state index is 0.0804. The lowest BCUT2D eigenvalue weighted by Gasteiger charge is -2.05. The van der Waals surface area contributed by atoms with Gasteiger partial charge in [-0.1, -0.05) is 30.1 Å². The molecule has 0 atom stereocenters. The Labute approximate surface area is 93.1 Å². The highest BCUT2D eigenvalue weighted by Crippen LogP contribution is 2.21.